The number of rotatable bonds is 4. The van der Waals surface area contributed by atoms with Gasteiger partial charge in [-0.3, -0.25) is 15.1 Å². The number of nitrogens with zero attached hydrogens (tertiary/aromatic N) is 1. The number of hydrogen-bond donors (Lipinski definition) is 2. The first-order valence-corrected chi connectivity index (χ1v) is 7.02. The Bertz CT molecular complexity index is 447. The Morgan fingerprint density at radius 3 is 2.84 bits per heavy atom. The van der Waals surface area contributed by atoms with E-state index in [1.165, 1.54) is 12.8 Å². The molecule has 4 nitrogen and oxygen atoms in total. The molecular weight excluding hydrogens is 238 g/mol. The molecule has 1 saturated heterocycles. The molecule has 1 aliphatic heterocycles. The van der Waals surface area contributed by atoms with Crippen molar-refractivity contribution in [3.05, 3.63) is 35.4 Å². The summed E-state index contributed by atoms with van der Waals surface area (Å²) in [6, 6.07) is 8.91. The molecule has 19 heavy (non-hydrogen) atoms. The lowest BCUT2D eigenvalue weighted by Crippen LogP contribution is -2.35. The fraction of sp³-hybridized carbons (Fsp3) is 0.533. The van der Waals surface area contributed by atoms with Crippen LogP contribution in [0.3, 0.4) is 0 Å². The number of nitrogens with one attached hydrogen (secondary N) is 1. The molecular formula is C15H23N3O. The van der Waals surface area contributed by atoms with Crippen molar-refractivity contribution in [1.29, 1.82) is 0 Å². The molecule has 1 fully saturated rings. The van der Waals surface area contributed by atoms with Gasteiger partial charge in [-0.15, -0.1) is 0 Å². The van der Waals surface area contributed by atoms with Crippen LogP contribution in [0, 0.1) is 0 Å². The highest BCUT2D eigenvalue weighted by Gasteiger charge is 2.29. The van der Waals surface area contributed by atoms with Gasteiger partial charge in [0, 0.05) is 24.2 Å². The highest BCUT2D eigenvalue weighted by Crippen LogP contribution is 2.28. The molecule has 1 aliphatic rings. The van der Waals surface area contributed by atoms with Crippen molar-refractivity contribution in [2.75, 3.05) is 0 Å². The van der Waals surface area contributed by atoms with Gasteiger partial charge in [-0.1, -0.05) is 25.1 Å². The minimum atomic E-state index is -0.213. The van der Waals surface area contributed by atoms with Crippen molar-refractivity contribution in [2.45, 2.75) is 51.7 Å². The summed E-state index contributed by atoms with van der Waals surface area (Å²) in [4.78, 5) is 14.3. The first-order valence-electron chi connectivity index (χ1n) is 7.02. The molecule has 1 aromatic carbocycles. The fourth-order valence-electron chi connectivity index (χ4n) is 3.00. The van der Waals surface area contributed by atoms with Gasteiger partial charge in [0.15, 0.2) is 0 Å². The second kappa shape index (κ2) is 6.17. The number of likely N-dealkylation sites (tertiary alicyclic amines) is 1. The molecule has 0 spiro atoms. The number of carbonyl (C=O) groups is 1. The van der Waals surface area contributed by atoms with Crippen LogP contribution in [0.4, 0.5) is 0 Å². The molecule has 1 heterocycles. The van der Waals surface area contributed by atoms with E-state index in [9.17, 15) is 4.79 Å². The summed E-state index contributed by atoms with van der Waals surface area (Å²) in [7, 11) is 0. The SMILES string of the molecule is CCC1CCC(C)N1Cc1ccccc1C(=O)NN. The van der Waals surface area contributed by atoms with E-state index in [-0.39, 0.29) is 5.91 Å². The second-order valence-corrected chi connectivity index (χ2v) is 5.29. The highest BCUT2D eigenvalue weighted by molar-refractivity contribution is 5.95. The zero-order chi connectivity index (χ0) is 13.8. The van der Waals surface area contributed by atoms with E-state index < -0.39 is 0 Å². The van der Waals surface area contributed by atoms with E-state index in [1.54, 1.807) is 0 Å². The first kappa shape index (κ1) is 14.0. The lowest BCUT2D eigenvalue weighted by Gasteiger charge is -2.28. The maximum absolute atomic E-state index is 11.8. The summed E-state index contributed by atoms with van der Waals surface area (Å²) in [5, 5.41) is 0. The second-order valence-electron chi connectivity index (χ2n) is 5.29. The summed E-state index contributed by atoms with van der Waals surface area (Å²) in [6.45, 7) is 5.32. The molecule has 1 aromatic rings. The van der Waals surface area contributed by atoms with Gasteiger partial charge in [0.25, 0.3) is 5.91 Å². The smallest absolute Gasteiger partial charge is 0.265 e. The Balaban J connectivity index is 2.21. The van der Waals surface area contributed by atoms with Crippen LogP contribution in [0.2, 0.25) is 0 Å². The topological polar surface area (TPSA) is 58.4 Å². The van der Waals surface area contributed by atoms with Crippen LogP contribution in [-0.2, 0) is 6.54 Å². The molecule has 0 bridgehead atoms. The van der Waals surface area contributed by atoms with Crippen molar-refractivity contribution >= 4 is 5.91 Å². The minimum absolute atomic E-state index is 0.213. The van der Waals surface area contributed by atoms with Gasteiger partial charge in [0.05, 0.1) is 0 Å². The normalized spacial score (nSPS) is 23.5. The van der Waals surface area contributed by atoms with Crippen molar-refractivity contribution in [3.8, 4) is 0 Å². The quantitative estimate of drug-likeness (QED) is 0.495. The third-order valence-electron chi connectivity index (χ3n) is 4.17. The maximum Gasteiger partial charge on any atom is 0.265 e. The Kier molecular flexibility index (Phi) is 4.56. The molecule has 2 rings (SSSR count). The highest BCUT2D eigenvalue weighted by atomic mass is 16.2. The summed E-state index contributed by atoms with van der Waals surface area (Å²) >= 11 is 0. The van der Waals surface area contributed by atoms with E-state index in [4.69, 9.17) is 5.84 Å². The van der Waals surface area contributed by atoms with Gasteiger partial charge in [-0.2, -0.15) is 0 Å². The average molecular weight is 261 g/mol. The van der Waals surface area contributed by atoms with E-state index in [0.29, 0.717) is 17.6 Å². The Labute approximate surface area is 114 Å². The predicted octanol–water partition coefficient (Wildman–Crippen LogP) is 2.05. The van der Waals surface area contributed by atoms with Crippen molar-refractivity contribution < 1.29 is 4.79 Å². The van der Waals surface area contributed by atoms with Crippen molar-refractivity contribution in [1.82, 2.24) is 10.3 Å². The van der Waals surface area contributed by atoms with Crippen LogP contribution >= 0.6 is 0 Å². The van der Waals surface area contributed by atoms with Crippen LogP contribution in [0.15, 0.2) is 24.3 Å². The number of hydrazine groups is 1. The van der Waals surface area contributed by atoms with Gasteiger partial charge in [-0.05, 0) is 37.8 Å². The first-order chi connectivity index (χ1) is 9.17. The summed E-state index contributed by atoms with van der Waals surface area (Å²) < 4.78 is 0. The zero-order valence-electron chi connectivity index (χ0n) is 11.7. The Morgan fingerprint density at radius 1 is 1.42 bits per heavy atom. The molecule has 1 amide bonds. The molecule has 4 heteroatoms. The maximum atomic E-state index is 11.8. The third-order valence-corrected chi connectivity index (χ3v) is 4.17. The number of nitrogens with two attached hydrogens (primary N) is 1. The molecule has 0 saturated carbocycles. The Morgan fingerprint density at radius 2 is 2.16 bits per heavy atom. The van der Waals surface area contributed by atoms with Gasteiger partial charge in [0.1, 0.15) is 0 Å². The van der Waals surface area contributed by atoms with Gasteiger partial charge in [-0.25, -0.2) is 5.84 Å². The van der Waals surface area contributed by atoms with Crippen molar-refractivity contribution in [3.63, 3.8) is 0 Å². The zero-order valence-corrected chi connectivity index (χ0v) is 11.7. The Hall–Kier alpha value is -1.39. The third kappa shape index (κ3) is 2.96. The molecule has 0 aliphatic carbocycles. The van der Waals surface area contributed by atoms with Gasteiger partial charge >= 0.3 is 0 Å². The van der Waals surface area contributed by atoms with Gasteiger partial charge < -0.3 is 0 Å². The number of carbonyl (C=O) groups excluding carboxylic acids is 1. The molecule has 0 aromatic heterocycles. The summed E-state index contributed by atoms with van der Waals surface area (Å²) in [5.41, 5.74) is 3.96. The molecule has 2 atom stereocenters. The van der Waals surface area contributed by atoms with E-state index >= 15 is 0 Å². The fourth-order valence-corrected chi connectivity index (χ4v) is 3.00. The van der Waals surface area contributed by atoms with E-state index in [1.807, 2.05) is 24.3 Å². The average Bonchev–Trinajstić information content (AvgIpc) is 2.79. The van der Waals surface area contributed by atoms with Crippen LogP contribution in [0.25, 0.3) is 0 Å². The van der Waals surface area contributed by atoms with E-state index in [2.05, 4.69) is 24.2 Å². The number of amides is 1. The van der Waals surface area contributed by atoms with E-state index in [0.717, 1.165) is 18.5 Å². The van der Waals surface area contributed by atoms with Crippen LogP contribution in [-0.4, -0.2) is 22.9 Å². The monoisotopic (exact) mass is 261 g/mol. The lowest BCUT2D eigenvalue weighted by molar-refractivity contribution is 0.0950. The summed E-state index contributed by atoms with van der Waals surface area (Å²) in [5.74, 6) is 5.04. The molecule has 3 N–H and O–H groups in total. The molecule has 2 unspecified atom stereocenters. The van der Waals surface area contributed by atoms with Crippen LogP contribution in [0.5, 0.6) is 0 Å². The lowest BCUT2D eigenvalue weighted by atomic mass is 10.1. The van der Waals surface area contributed by atoms with Crippen LogP contribution in [0.1, 0.15) is 49.0 Å². The molecule has 104 valence electrons. The molecule has 0 radical (unpaired) electrons. The largest absolute Gasteiger partial charge is 0.293 e. The van der Waals surface area contributed by atoms with Gasteiger partial charge in [0.2, 0.25) is 0 Å². The summed E-state index contributed by atoms with van der Waals surface area (Å²) in [6.07, 6.45) is 3.66. The minimum Gasteiger partial charge on any atom is -0.293 e. The number of hydrogen-bond acceptors (Lipinski definition) is 3. The standard InChI is InChI=1S/C15H23N3O/c1-3-13-9-8-11(2)18(13)10-12-6-4-5-7-14(12)15(19)17-16/h4-7,11,13H,3,8-10,16H2,1-2H3,(H,17,19). The number of nitrogen functional groups attached to an aromatic ring is 1. The predicted molar refractivity (Wildman–Crippen MR) is 76.4 cm³/mol. The van der Waals surface area contributed by atoms with Crippen LogP contribution < -0.4 is 11.3 Å². The number of benzene rings is 1. The van der Waals surface area contributed by atoms with Crippen molar-refractivity contribution in [2.24, 2.45) is 5.84 Å².